The molecule has 8 nitrogen and oxygen atoms in total. The van der Waals surface area contributed by atoms with Crippen molar-refractivity contribution in [2.45, 2.75) is 30.7 Å². The molecule has 2 amide bonds. The number of nitrogens with one attached hydrogen (secondary N) is 1. The van der Waals surface area contributed by atoms with Gasteiger partial charge < -0.3 is 10.2 Å². The molecule has 2 heterocycles. The number of pyridine rings is 1. The molecule has 0 atom stereocenters. The molecular weight excluding hydrogens is 461 g/mol. The summed E-state index contributed by atoms with van der Waals surface area (Å²) in [5.41, 5.74) is -0.893. The summed E-state index contributed by atoms with van der Waals surface area (Å²) in [6.45, 7) is 0.0913. The third-order valence-corrected chi connectivity index (χ3v) is 8.37. The highest BCUT2D eigenvalue weighted by atomic mass is 35.5. The lowest BCUT2D eigenvalue weighted by Gasteiger charge is -2.32. The molecule has 11 heteroatoms. The van der Waals surface area contributed by atoms with Crippen LogP contribution in [0.5, 0.6) is 0 Å². The van der Waals surface area contributed by atoms with Gasteiger partial charge >= 0.3 is 0 Å². The number of fused-ring (bicyclic) bond motifs is 1. The number of halogens is 2. The molecule has 1 aromatic carbocycles. The smallest absolute Gasteiger partial charge is 0.273 e. The molecule has 4 rings (SSSR count). The van der Waals surface area contributed by atoms with Crippen LogP contribution in [0.1, 0.15) is 39.3 Å². The van der Waals surface area contributed by atoms with Gasteiger partial charge in [0.15, 0.2) is 15.7 Å². The van der Waals surface area contributed by atoms with Gasteiger partial charge in [0.25, 0.3) is 17.4 Å². The summed E-state index contributed by atoms with van der Waals surface area (Å²) in [5.74, 6) is -2.52. The molecule has 1 N–H and O–H groups in total. The summed E-state index contributed by atoms with van der Waals surface area (Å²) in [6.07, 6.45) is 2.01. The van der Waals surface area contributed by atoms with E-state index in [-0.39, 0.29) is 26.2 Å². The van der Waals surface area contributed by atoms with Gasteiger partial charge in [0, 0.05) is 37.5 Å². The van der Waals surface area contributed by atoms with Crippen molar-refractivity contribution >= 4 is 33.3 Å². The monoisotopic (exact) mass is 481 g/mol. The van der Waals surface area contributed by atoms with E-state index in [2.05, 4.69) is 5.32 Å². The van der Waals surface area contributed by atoms with E-state index in [1.807, 2.05) is 0 Å². The molecule has 32 heavy (non-hydrogen) atoms. The number of aromatic nitrogens is 1. The predicted molar refractivity (Wildman–Crippen MR) is 116 cm³/mol. The van der Waals surface area contributed by atoms with Crippen molar-refractivity contribution in [3.63, 3.8) is 0 Å². The Morgan fingerprint density at radius 3 is 2.44 bits per heavy atom. The molecule has 0 unspecified atom stereocenters. The van der Waals surface area contributed by atoms with Gasteiger partial charge in [-0.05, 0) is 36.6 Å². The maximum absolute atomic E-state index is 14.9. The lowest BCUT2D eigenvalue weighted by molar-refractivity contribution is 0.0687. The van der Waals surface area contributed by atoms with Gasteiger partial charge in [0.2, 0.25) is 0 Å². The maximum atomic E-state index is 14.9. The molecule has 0 spiro atoms. The summed E-state index contributed by atoms with van der Waals surface area (Å²) >= 11 is 5.83. The van der Waals surface area contributed by atoms with Crippen LogP contribution in [0.3, 0.4) is 0 Å². The first-order valence-corrected chi connectivity index (χ1v) is 12.2. The third-order valence-electron chi connectivity index (χ3n) is 6.01. The van der Waals surface area contributed by atoms with Gasteiger partial charge in [-0.25, -0.2) is 12.8 Å². The van der Waals surface area contributed by atoms with Crippen molar-refractivity contribution < 1.29 is 22.4 Å². The van der Waals surface area contributed by atoms with E-state index < -0.39 is 49.0 Å². The Balaban J connectivity index is 1.55. The summed E-state index contributed by atoms with van der Waals surface area (Å²) in [4.78, 5) is 39.5. The summed E-state index contributed by atoms with van der Waals surface area (Å²) in [5, 5.41) is 3.10. The van der Waals surface area contributed by atoms with Gasteiger partial charge in [0.1, 0.15) is 11.3 Å². The fraction of sp³-hybridized carbons (Fsp3) is 0.381. The first-order valence-electron chi connectivity index (χ1n) is 9.97. The van der Waals surface area contributed by atoms with Crippen LogP contribution in [-0.4, -0.2) is 53.8 Å². The second kappa shape index (κ2) is 8.00. The highest BCUT2D eigenvalue weighted by Crippen LogP contribution is 2.44. The molecule has 1 aliphatic heterocycles. The third kappa shape index (κ3) is 4.04. The fourth-order valence-electron chi connectivity index (χ4n) is 3.86. The zero-order valence-electron chi connectivity index (χ0n) is 17.2. The highest BCUT2D eigenvalue weighted by molar-refractivity contribution is 7.92. The number of benzene rings is 1. The van der Waals surface area contributed by atoms with Crippen LogP contribution in [-0.2, 0) is 22.9 Å². The molecule has 1 aliphatic carbocycles. The first-order chi connectivity index (χ1) is 15.0. The van der Waals surface area contributed by atoms with Crippen LogP contribution in [0.4, 0.5) is 4.39 Å². The number of hydrogen-bond donors (Lipinski definition) is 1. The molecule has 0 bridgehead atoms. The molecule has 1 saturated carbocycles. The van der Waals surface area contributed by atoms with E-state index in [0.717, 1.165) is 22.5 Å². The second-order valence-electron chi connectivity index (χ2n) is 8.20. The lowest BCUT2D eigenvalue weighted by atomic mass is 10.1. The van der Waals surface area contributed by atoms with Gasteiger partial charge in [0.05, 0.1) is 4.75 Å². The van der Waals surface area contributed by atoms with Gasteiger partial charge in [-0.2, -0.15) is 0 Å². The topological polar surface area (TPSA) is 106 Å². The van der Waals surface area contributed by atoms with E-state index in [1.54, 1.807) is 24.3 Å². The Bertz CT molecular complexity index is 1270. The SMILES string of the molecule is CS(=O)(=O)C1(CN2CCn3c(c(F)cc(C(=O)NCc4ccc(Cl)cc4)c3=O)C2=O)CC1. The van der Waals surface area contributed by atoms with Crippen LogP contribution in [0.2, 0.25) is 5.02 Å². The summed E-state index contributed by atoms with van der Waals surface area (Å²) < 4.78 is 38.9. The van der Waals surface area contributed by atoms with E-state index in [9.17, 15) is 27.2 Å². The van der Waals surface area contributed by atoms with Crippen molar-refractivity contribution in [2.75, 3.05) is 19.3 Å². The van der Waals surface area contributed by atoms with Gasteiger partial charge in [-0.15, -0.1) is 0 Å². The highest BCUT2D eigenvalue weighted by Gasteiger charge is 2.54. The lowest BCUT2D eigenvalue weighted by Crippen LogP contribution is -2.50. The Morgan fingerprint density at radius 1 is 1.19 bits per heavy atom. The predicted octanol–water partition coefficient (Wildman–Crippen LogP) is 1.60. The summed E-state index contributed by atoms with van der Waals surface area (Å²) in [6, 6.07) is 7.49. The van der Waals surface area contributed by atoms with E-state index in [1.165, 1.54) is 4.90 Å². The number of amides is 2. The quantitative estimate of drug-likeness (QED) is 0.674. The standard InChI is InChI=1S/C21H21ClFN3O5S/c1-32(30,31)21(6-7-21)12-25-8-9-26-17(20(25)29)16(23)10-15(19(26)28)18(27)24-11-13-2-4-14(22)5-3-13/h2-5,10H,6-9,11-12H2,1H3,(H,24,27). The normalized spacial score (nSPS) is 17.1. The largest absolute Gasteiger partial charge is 0.348 e. The molecule has 170 valence electrons. The van der Waals surface area contributed by atoms with Crippen molar-refractivity contribution in [3.8, 4) is 0 Å². The Hall–Kier alpha value is -2.72. The number of hydrogen-bond acceptors (Lipinski definition) is 5. The van der Waals surface area contributed by atoms with Crippen molar-refractivity contribution in [1.29, 1.82) is 0 Å². The van der Waals surface area contributed by atoms with Crippen LogP contribution < -0.4 is 10.9 Å². The fourth-order valence-corrected chi connectivity index (χ4v) is 5.22. The zero-order valence-corrected chi connectivity index (χ0v) is 18.8. The molecule has 1 fully saturated rings. The Morgan fingerprint density at radius 2 is 1.84 bits per heavy atom. The molecular formula is C21H21ClFN3O5S. The van der Waals surface area contributed by atoms with E-state index in [4.69, 9.17) is 11.6 Å². The van der Waals surface area contributed by atoms with E-state index in [0.29, 0.717) is 17.9 Å². The minimum absolute atomic E-state index is 0.0328. The van der Waals surface area contributed by atoms with Gasteiger partial charge in [-0.3, -0.25) is 19.0 Å². The molecule has 0 saturated heterocycles. The number of carbonyl (C=O) groups excluding carboxylic acids is 2. The average molecular weight is 482 g/mol. The second-order valence-corrected chi connectivity index (χ2v) is 11.0. The van der Waals surface area contributed by atoms with Crippen molar-refractivity contribution in [3.05, 3.63) is 68.3 Å². The minimum atomic E-state index is -3.38. The number of rotatable bonds is 6. The number of nitrogens with zero attached hydrogens (tertiary/aromatic N) is 2. The Kier molecular flexibility index (Phi) is 5.62. The molecule has 0 radical (unpaired) electrons. The van der Waals surface area contributed by atoms with Crippen molar-refractivity contribution in [2.24, 2.45) is 0 Å². The molecule has 2 aliphatic rings. The van der Waals surface area contributed by atoms with Gasteiger partial charge in [-0.1, -0.05) is 23.7 Å². The van der Waals surface area contributed by atoms with Crippen molar-refractivity contribution in [1.82, 2.24) is 14.8 Å². The Labute approximate surface area is 188 Å². The molecule has 2 aromatic rings. The first kappa shape index (κ1) is 22.5. The zero-order chi connectivity index (χ0) is 23.3. The molecule has 1 aromatic heterocycles. The number of carbonyl (C=O) groups is 2. The van der Waals surface area contributed by atoms with Crippen LogP contribution in [0.15, 0.2) is 35.1 Å². The van der Waals surface area contributed by atoms with Crippen LogP contribution >= 0.6 is 11.6 Å². The summed E-state index contributed by atoms with van der Waals surface area (Å²) in [7, 11) is -3.38. The van der Waals surface area contributed by atoms with E-state index >= 15 is 0 Å². The van der Waals surface area contributed by atoms with Crippen LogP contribution in [0, 0.1) is 5.82 Å². The minimum Gasteiger partial charge on any atom is -0.348 e. The maximum Gasteiger partial charge on any atom is 0.273 e. The number of sulfone groups is 1. The average Bonchev–Trinajstić information content (AvgIpc) is 3.52. The van der Waals surface area contributed by atoms with Crippen LogP contribution in [0.25, 0.3) is 0 Å².